The highest BCUT2D eigenvalue weighted by atomic mass is 16.4. The van der Waals surface area contributed by atoms with Gasteiger partial charge in [-0.1, -0.05) is 30.7 Å². The van der Waals surface area contributed by atoms with Crippen molar-refractivity contribution in [2.45, 2.75) is 31.6 Å². The van der Waals surface area contributed by atoms with Crippen molar-refractivity contribution in [3.05, 3.63) is 35.4 Å². The molecule has 0 aromatic heterocycles. The monoisotopic (exact) mass is 190 g/mol. The van der Waals surface area contributed by atoms with E-state index in [-0.39, 0.29) is 5.92 Å². The van der Waals surface area contributed by atoms with E-state index in [1.54, 1.807) is 0 Å². The van der Waals surface area contributed by atoms with Crippen LogP contribution in [0.25, 0.3) is 0 Å². The van der Waals surface area contributed by atoms with Gasteiger partial charge < -0.3 is 5.11 Å². The number of carbonyl (C=O) groups is 1. The van der Waals surface area contributed by atoms with Gasteiger partial charge in [-0.05, 0) is 30.4 Å². The van der Waals surface area contributed by atoms with Gasteiger partial charge in [-0.25, -0.2) is 0 Å². The number of carboxylic acid groups (broad SMARTS) is 1. The average molecular weight is 190 g/mol. The Morgan fingerprint density at radius 2 is 2.07 bits per heavy atom. The zero-order valence-electron chi connectivity index (χ0n) is 8.07. The third-order valence-electron chi connectivity index (χ3n) is 2.92. The maximum atomic E-state index is 11.1. The molecule has 74 valence electrons. The van der Waals surface area contributed by atoms with Crippen molar-refractivity contribution in [2.75, 3.05) is 0 Å². The molecule has 2 heteroatoms. The molecule has 0 spiro atoms. The minimum Gasteiger partial charge on any atom is -0.481 e. The molecule has 1 N–H and O–H groups in total. The molecule has 1 aromatic carbocycles. The van der Waals surface area contributed by atoms with E-state index < -0.39 is 5.97 Å². The summed E-state index contributed by atoms with van der Waals surface area (Å²) in [6.45, 7) is 0. The Kier molecular flexibility index (Phi) is 2.53. The van der Waals surface area contributed by atoms with Crippen LogP contribution < -0.4 is 0 Å². The lowest BCUT2D eigenvalue weighted by atomic mass is 9.93. The Labute approximate surface area is 83.6 Å². The zero-order chi connectivity index (χ0) is 9.97. The van der Waals surface area contributed by atoms with Crippen LogP contribution in [0.2, 0.25) is 0 Å². The quantitative estimate of drug-likeness (QED) is 0.691. The second-order valence-corrected chi connectivity index (χ2v) is 3.84. The Morgan fingerprint density at radius 1 is 1.29 bits per heavy atom. The summed E-state index contributed by atoms with van der Waals surface area (Å²) in [6.07, 6.45) is 3.94. The molecule has 1 aliphatic rings. The summed E-state index contributed by atoms with van der Waals surface area (Å²) < 4.78 is 0. The van der Waals surface area contributed by atoms with Gasteiger partial charge in [0.25, 0.3) is 0 Å². The highest BCUT2D eigenvalue weighted by Crippen LogP contribution is 2.30. The first-order valence-electron chi connectivity index (χ1n) is 5.09. The van der Waals surface area contributed by atoms with Crippen molar-refractivity contribution in [2.24, 2.45) is 0 Å². The first-order chi connectivity index (χ1) is 6.79. The maximum Gasteiger partial charge on any atom is 0.310 e. The predicted octanol–water partition coefficient (Wildman–Crippen LogP) is 2.58. The lowest BCUT2D eigenvalue weighted by molar-refractivity contribution is -0.139. The highest BCUT2D eigenvalue weighted by molar-refractivity contribution is 5.76. The average Bonchev–Trinajstić information content (AvgIpc) is 2.39. The number of fused-ring (bicyclic) bond motifs is 1. The molecule has 1 atom stereocenters. The Balaban J connectivity index is 2.42. The summed E-state index contributed by atoms with van der Waals surface area (Å²) in [5, 5.41) is 9.11. The summed E-state index contributed by atoms with van der Waals surface area (Å²) in [5.41, 5.74) is 2.25. The normalized spacial score (nSPS) is 21.0. The van der Waals surface area contributed by atoms with Crippen LogP contribution >= 0.6 is 0 Å². The number of carboxylic acids is 1. The van der Waals surface area contributed by atoms with Gasteiger partial charge >= 0.3 is 5.97 Å². The van der Waals surface area contributed by atoms with E-state index in [1.165, 1.54) is 5.56 Å². The predicted molar refractivity (Wildman–Crippen MR) is 54.4 cm³/mol. The van der Waals surface area contributed by atoms with Crippen molar-refractivity contribution in [1.29, 1.82) is 0 Å². The van der Waals surface area contributed by atoms with E-state index in [9.17, 15) is 4.79 Å². The molecule has 14 heavy (non-hydrogen) atoms. The zero-order valence-corrected chi connectivity index (χ0v) is 8.07. The van der Waals surface area contributed by atoms with Gasteiger partial charge in [-0.3, -0.25) is 4.79 Å². The molecule has 2 rings (SSSR count). The van der Waals surface area contributed by atoms with Crippen molar-refractivity contribution in [3.8, 4) is 0 Å². The summed E-state index contributed by atoms with van der Waals surface area (Å²) in [5.74, 6) is -0.965. The molecule has 0 saturated carbocycles. The number of rotatable bonds is 1. The van der Waals surface area contributed by atoms with Crippen LogP contribution in [0.15, 0.2) is 24.3 Å². The summed E-state index contributed by atoms with van der Waals surface area (Å²) in [7, 11) is 0. The summed E-state index contributed by atoms with van der Waals surface area (Å²) >= 11 is 0. The molecule has 0 aliphatic heterocycles. The van der Waals surface area contributed by atoms with Crippen LogP contribution in [0.5, 0.6) is 0 Å². The van der Waals surface area contributed by atoms with E-state index in [1.807, 2.05) is 18.2 Å². The Hall–Kier alpha value is -1.31. The fraction of sp³-hybridized carbons (Fsp3) is 0.417. The maximum absolute atomic E-state index is 11.1. The molecule has 1 aliphatic carbocycles. The number of hydrogen-bond acceptors (Lipinski definition) is 1. The van der Waals surface area contributed by atoms with Crippen molar-refractivity contribution in [1.82, 2.24) is 0 Å². The van der Waals surface area contributed by atoms with Crippen molar-refractivity contribution < 1.29 is 9.90 Å². The van der Waals surface area contributed by atoms with E-state index in [4.69, 9.17) is 5.11 Å². The number of aryl methyl sites for hydroxylation is 1. The van der Waals surface area contributed by atoms with Crippen LogP contribution in [0.1, 0.15) is 36.3 Å². The first-order valence-corrected chi connectivity index (χ1v) is 5.09. The first kappa shape index (κ1) is 9.25. The van der Waals surface area contributed by atoms with Gasteiger partial charge in [0.05, 0.1) is 5.92 Å². The molecule has 0 bridgehead atoms. The van der Waals surface area contributed by atoms with Gasteiger partial charge in [0.15, 0.2) is 0 Å². The topological polar surface area (TPSA) is 37.3 Å². The molecule has 0 fully saturated rings. The SMILES string of the molecule is O=C(O)C1CCCCc2ccccc21. The van der Waals surface area contributed by atoms with E-state index in [0.29, 0.717) is 0 Å². The van der Waals surface area contributed by atoms with Gasteiger partial charge in [0.2, 0.25) is 0 Å². The fourth-order valence-corrected chi connectivity index (χ4v) is 2.18. The molecule has 0 saturated heterocycles. The highest BCUT2D eigenvalue weighted by Gasteiger charge is 2.23. The third-order valence-corrected chi connectivity index (χ3v) is 2.92. The van der Waals surface area contributed by atoms with Crippen LogP contribution in [-0.4, -0.2) is 11.1 Å². The molecule has 2 nitrogen and oxygen atoms in total. The van der Waals surface area contributed by atoms with Gasteiger partial charge in [0, 0.05) is 0 Å². The van der Waals surface area contributed by atoms with Crippen LogP contribution in [0.3, 0.4) is 0 Å². The Bertz CT molecular complexity index is 344. The van der Waals surface area contributed by atoms with Crippen LogP contribution in [0.4, 0.5) is 0 Å². The smallest absolute Gasteiger partial charge is 0.310 e. The minimum atomic E-state index is -0.681. The van der Waals surface area contributed by atoms with E-state index >= 15 is 0 Å². The molecule has 1 aromatic rings. The molecule has 1 unspecified atom stereocenters. The fourth-order valence-electron chi connectivity index (χ4n) is 2.18. The lowest BCUT2D eigenvalue weighted by Gasteiger charge is -2.12. The van der Waals surface area contributed by atoms with E-state index in [2.05, 4.69) is 6.07 Å². The Morgan fingerprint density at radius 3 is 2.86 bits per heavy atom. The van der Waals surface area contributed by atoms with Crippen LogP contribution in [0, 0.1) is 0 Å². The molecule has 0 radical (unpaired) electrons. The third kappa shape index (κ3) is 1.65. The molecular formula is C12H14O2. The largest absolute Gasteiger partial charge is 0.481 e. The van der Waals surface area contributed by atoms with Crippen molar-refractivity contribution >= 4 is 5.97 Å². The number of benzene rings is 1. The van der Waals surface area contributed by atoms with Gasteiger partial charge in [-0.15, -0.1) is 0 Å². The van der Waals surface area contributed by atoms with E-state index in [0.717, 1.165) is 31.2 Å². The van der Waals surface area contributed by atoms with Gasteiger partial charge in [0.1, 0.15) is 0 Å². The number of aliphatic carboxylic acids is 1. The summed E-state index contributed by atoms with van der Waals surface area (Å²) in [6, 6.07) is 7.93. The standard InChI is InChI=1S/C12H14O2/c13-12(14)11-8-4-2-6-9-5-1-3-7-10(9)11/h1,3,5,7,11H,2,4,6,8H2,(H,13,14). The minimum absolute atomic E-state index is 0.284. The second kappa shape index (κ2) is 3.82. The van der Waals surface area contributed by atoms with Gasteiger partial charge in [-0.2, -0.15) is 0 Å². The molecule has 0 heterocycles. The molecule has 0 amide bonds. The molecular weight excluding hydrogens is 176 g/mol. The van der Waals surface area contributed by atoms with Crippen LogP contribution in [-0.2, 0) is 11.2 Å². The second-order valence-electron chi connectivity index (χ2n) is 3.84. The summed E-state index contributed by atoms with van der Waals surface area (Å²) in [4.78, 5) is 11.1. The lowest BCUT2D eigenvalue weighted by Crippen LogP contribution is -2.11. The van der Waals surface area contributed by atoms with Crippen molar-refractivity contribution in [3.63, 3.8) is 0 Å². The number of hydrogen-bond donors (Lipinski definition) is 1.